The van der Waals surface area contributed by atoms with Crippen LogP contribution in [0, 0.1) is 0 Å². The summed E-state index contributed by atoms with van der Waals surface area (Å²) < 4.78 is 5.73. The maximum atomic E-state index is 5.73. The van der Waals surface area contributed by atoms with E-state index in [-0.39, 0.29) is 0 Å². The Kier molecular flexibility index (Phi) is 3.77. The van der Waals surface area contributed by atoms with E-state index in [0.29, 0.717) is 6.10 Å². The number of hydrogen-bond acceptors (Lipinski definition) is 4. The number of hydrogen-bond donors (Lipinski definition) is 2. The molecule has 2 N–H and O–H groups in total. The van der Waals surface area contributed by atoms with Crippen LogP contribution in [0.25, 0.3) is 11.0 Å². The zero-order chi connectivity index (χ0) is 13.1. The van der Waals surface area contributed by atoms with E-state index in [2.05, 4.69) is 33.3 Å². The van der Waals surface area contributed by atoms with E-state index in [9.17, 15) is 0 Å². The first kappa shape index (κ1) is 12.6. The van der Waals surface area contributed by atoms with Crippen LogP contribution in [0.1, 0.15) is 5.56 Å². The zero-order valence-electron chi connectivity index (χ0n) is 11.2. The fourth-order valence-electron chi connectivity index (χ4n) is 2.52. The van der Waals surface area contributed by atoms with Crippen LogP contribution in [-0.4, -0.2) is 54.3 Å². The molecular weight excluding hydrogens is 240 g/mol. The standard InChI is InChI=1S/C14H20N4O/c1-18-5-6-19-12(10-18)9-15-7-11-8-17-14-13(11)3-2-4-16-14/h2-4,8,12,15H,5-7,9-10H2,1H3,(H,16,17). The average molecular weight is 260 g/mol. The van der Waals surface area contributed by atoms with E-state index < -0.39 is 0 Å². The van der Waals surface area contributed by atoms with E-state index in [0.717, 1.165) is 38.4 Å². The first-order valence-corrected chi connectivity index (χ1v) is 6.75. The molecule has 2 aromatic heterocycles. The molecule has 0 aliphatic carbocycles. The minimum atomic E-state index is 0.294. The lowest BCUT2D eigenvalue weighted by molar-refractivity contribution is -0.0182. The number of aromatic amines is 1. The molecule has 5 nitrogen and oxygen atoms in total. The molecule has 0 amide bonds. The molecule has 0 aromatic carbocycles. The number of fused-ring (bicyclic) bond motifs is 1. The van der Waals surface area contributed by atoms with Crippen molar-refractivity contribution in [3.8, 4) is 0 Å². The molecule has 3 heterocycles. The number of nitrogens with zero attached hydrogens (tertiary/aromatic N) is 2. The van der Waals surface area contributed by atoms with Gasteiger partial charge in [0.15, 0.2) is 0 Å². The Morgan fingerprint density at radius 2 is 2.53 bits per heavy atom. The van der Waals surface area contributed by atoms with Gasteiger partial charge >= 0.3 is 0 Å². The highest BCUT2D eigenvalue weighted by Crippen LogP contribution is 2.15. The minimum absolute atomic E-state index is 0.294. The van der Waals surface area contributed by atoms with Gasteiger partial charge < -0.3 is 19.9 Å². The van der Waals surface area contributed by atoms with Crippen molar-refractivity contribution in [1.29, 1.82) is 0 Å². The Morgan fingerprint density at radius 1 is 1.58 bits per heavy atom. The maximum Gasteiger partial charge on any atom is 0.137 e. The van der Waals surface area contributed by atoms with E-state index in [1.807, 2.05) is 18.5 Å². The molecule has 3 rings (SSSR count). The molecule has 1 aliphatic rings. The van der Waals surface area contributed by atoms with Crippen molar-refractivity contribution in [2.45, 2.75) is 12.6 Å². The van der Waals surface area contributed by atoms with Gasteiger partial charge in [-0.2, -0.15) is 0 Å². The SMILES string of the molecule is CN1CCOC(CNCc2c[nH]c3ncccc23)C1. The summed E-state index contributed by atoms with van der Waals surface area (Å²) in [5.74, 6) is 0. The molecule has 0 saturated carbocycles. The molecule has 1 fully saturated rings. The van der Waals surface area contributed by atoms with Crippen LogP contribution in [0.2, 0.25) is 0 Å². The molecule has 5 heteroatoms. The van der Waals surface area contributed by atoms with Crippen molar-refractivity contribution in [3.63, 3.8) is 0 Å². The molecule has 1 atom stereocenters. The van der Waals surface area contributed by atoms with Gasteiger partial charge in [-0.05, 0) is 24.7 Å². The molecule has 1 saturated heterocycles. The number of ether oxygens (including phenoxy) is 1. The van der Waals surface area contributed by atoms with E-state index in [4.69, 9.17) is 4.74 Å². The molecule has 102 valence electrons. The second kappa shape index (κ2) is 5.69. The van der Waals surface area contributed by atoms with Crippen molar-refractivity contribution < 1.29 is 4.74 Å². The van der Waals surface area contributed by atoms with Gasteiger partial charge in [0.2, 0.25) is 0 Å². The van der Waals surface area contributed by atoms with Gasteiger partial charge in [-0.15, -0.1) is 0 Å². The summed E-state index contributed by atoms with van der Waals surface area (Å²) in [6.45, 7) is 4.60. The molecule has 0 spiro atoms. The summed E-state index contributed by atoms with van der Waals surface area (Å²) in [5, 5.41) is 4.66. The normalized spacial score (nSPS) is 21.0. The number of morpholine rings is 1. The number of likely N-dealkylation sites (N-methyl/N-ethyl adjacent to an activating group) is 1. The molecule has 19 heavy (non-hydrogen) atoms. The summed E-state index contributed by atoms with van der Waals surface area (Å²) in [6.07, 6.45) is 4.13. The number of aromatic nitrogens is 2. The van der Waals surface area contributed by atoms with Gasteiger partial charge in [0.1, 0.15) is 5.65 Å². The van der Waals surface area contributed by atoms with Gasteiger partial charge in [-0.25, -0.2) is 4.98 Å². The molecule has 1 aliphatic heterocycles. The Balaban J connectivity index is 1.55. The van der Waals surface area contributed by atoms with Crippen LogP contribution in [-0.2, 0) is 11.3 Å². The molecule has 1 unspecified atom stereocenters. The summed E-state index contributed by atoms with van der Waals surface area (Å²) in [5.41, 5.74) is 2.21. The average Bonchev–Trinajstić information content (AvgIpc) is 2.83. The lowest BCUT2D eigenvalue weighted by atomic mass is 10.2. The topological polar surface area (TPSA) is 53.2 Å². The first-order valence-electron chi connectivity index (χ1n) is 6.75. The minimum Gasteiger partial charge on any atom is -0.374 e. The predicted molar refractivity (Wildman–Crippen MR) is 75.0 cm³/mol. The van der Waals surface area contributed by atoms with Gasteiger partial charge in [0, 0.05) is 44.0 Å². The lowest BCUT2D eigenvalue weighted by Gasteiger charge is -2.30. The number of nitrogens with one attached hydrogen (secondary N) is 2. The Bertz CT molecular complexity index is 539. The van der Waals surface area contributed by atoms with Crippen molar-refractivity contribution in [2.24, 2.45) is 0 Å². The smallest absolute Gasteiger partial charge is 0.137 e. The van der Waals surface area contributed by atoms with Crippen LogP contribution in [0.15, 0.2) is 24.5 Å². The summed E-state index contributed by atoms with van der Waals surface area (Å²) >= 11 is 0. The van der Waals surface area contributed by atoms with Gasteiger partial charge in [0.05, 0.1) is 12.7 Å². The Morgan fingerprint density at radius 3 is 3.42 bits per heavy atom. The fourth-order valence-corrected chi connectivity index (χ4v) is 2.52. The highest BCUT2D eigenvalue weighted by Gasteiger charge is 2.17. The Labute approximate surface area is 113 Å². The van der Waals surface area contributed by atoms with Gasteiger partial charge in [-0.3, -0.25) is 0 Å². The van der Waals surface area contributed by atoms with E-state index in [1.165, 1.54) is 10.9 Å². The third kappa shape index (κ3) is 2.94. The molecule has 0 radical (unpaired) electrons. The van der Waals surface area contributed by atoms with Crippen molar-refractivity contribution in [2.75, 3.05) is 33.3 Å². The van der Waals surface area contributed by atoms with E-state index in [1.54, 1.807) is 0 Å². The third-order valence-electron chi connectivity index (χ3n) is 3.57. The van der Waals surface area contributed by atoms with Crippen LogP contribution in [0.3, 0.4) is 0 Å². The summed E-state index contributed by atoms with van der Waals surface area (Å²) in [6, 6.07) is 4.07. The highest BCUT2D eigenvalue weighted by molar-refractivity contribution is 5.79. The summed E-state index contributed by atoms with van der Waals surface area (Å²) in [4.78, 5) is 9.80. The second-order valence-electron chi connectivity index (χ2n) is 5.10. The van der Waals surface area contributed by atoms with Crippen molar-refractivity contribution in [3.05, 3.63) is 30.1 Å². The van der Waals surface area contributed by atoms with Gasteiger partial charge in [-0.1, -0.05) is 0 Å². The third-order valence-corrected chi connectivity index (χ3v) is 3.57. The predicted octanol–water partition coefficient (Wildman–Crippen LogP) is 0.983. The molecular formula is C14H20N4O. The van der Waals surface area contributed by atoms with Crippen molar-refractivity contribution >= 4 is 11.0 Å². The summed E-state index contributed by atoms with van der Waals surface area (Å²) in [7, 11) is 2.14. The monoisotopic (exact) mass is 260 g/mol. The van der Waals surface area contributed by atoms with Crippen LogP contribution >= 0.6 is 0 Å². The number of H-pyrrole nitrogens is 1. The zero-order valence-corrected chi connectivity index (χ0v) is 11.2. The highest BCUT2D eigenvalue weighted by atomic mass is 16.5. The van der Waals surface area contributed by atoms with E-state index >= 15 is 0 Å². The Hall–Kier alpha value is -1.43. The largest absolute Gasteiger partial charge is 0.374 e. The molecule has 2 aromatic rings. The first-order chi connectivity index (χ1) is 9.33. The fraction of sp³-hybridized carbons (Fsp3) is 0.500. The van der Waals surface area contributed by atoms with Crippen LogP contribution in [0.4, 0.5) is 0 Å². The van der Waals surface area contributed by atoms with Crippen LogP contribution in [0.5, 0.6) is 0 Å². The lowest BCUT2D eigenvalue weighted by Crippen LogP contribution is -2.44. The maximum absolute atomic E-state index is 5.73. The number of pyridine rings is 1. The van der Waals surface area contributed by atoms with Gasteiger partial charge in [0.25, 0.3) is 0 Å². The number of rotatable bonds is 4. The van der Waals surface area contributed by atoms with Crippen molar-refractivity contribution in [1.82, 2.24) is 20.2 Å². The second-order valence-corrected chi connectivity index (χ2v) is 5.10. The quantitative estimate of drug-likeness (QED) is 0.860. The van der Waals surface area contributed by atoms with Crippen LogP contribution < -0.4 is 5.32 Å². The molecule has 0 bridgehead atoms.